The first-order valence-electron chi connectivity index (χ1n) is 5.91. The second-order valence-corrected chi connectivity index (χ2v) is 4.81. The zero-order valence-corrected chi connectivity index (χ0v) is 9.56. The molecule has 3 heteroatoms. The molecule has 0 aromatic heterocycles. The number of nitrogens with zero attached hydrogens (tertiary/aromatic N) is 1. The Kier molecular flexibility index (Phi) is 3.22. The van der Waals surface area contributed by atoms with E-state index < -0.39 is 0 Å². The lowest BCUT2D eigenvalue weighted by Gasteiger charge is -2.26. The van der Waals surface area contributed by atoms with Crippen molar-refractivity contribution in [2.45, 2.75) is 38.5 Å². The maximum absolute atomic E-state index is 10.5. The standard InChI is InChI=1S/C13H17NO2/c1-10-2-4-11(5-3-10)12-6-8-13(9-7-12)14(15)16/h6-11H,2-5H2,1H3. The SMILES string of the molecule is CC1CCC(c2ccc([N+](=O)[O-])cc2)CC1. The van der Waals surface area contributed by atoms with Gasteiger partial charge in [0.05, 0.1) is 4.92 Å². The van der Waals surface area contributed by atoms with Gasteiger partial charge in [0, 0.05) is 12.1 Å². The van der Waals surface area contributed by atoms with E-state index in [2.05, 4.69) is 6.92 Å². The lowest BCUT2D eigenvalue weighted by Crippen LogP contribution is -2.10. The Hall–Kier alpha value is -1.38. The molecule has 1 aliphatic carbocycles. The summed E-state index contributed by atoms with van der Waals surface area (Å²) >= 11 is 0. The number of non-ortho nitro benzene ring substituents is 1. The molecule has 1 fully saturated rings. The summed E-state index contributed by atoms with van der Waals surface area (Å²) in [5, 5.41) is 10.5. The molecule has 1 saturated carbocycles. The third-order valence-electron chi connectivity index (χ3n) is 3.59. The molecule has 1 aliphatic rings. The Morgan fingerprint density at radius 3 is 2.19 bits per heavy atom. The highest BCUT2D eigenvalue weighted by atomic mass is 16.6. The van der Waals surface area contributed by atoms with Gasteiger partial charge in [-0.3, -0.25) is 10.1 Å². The fourth-order valence-electron chi connectivity index (χ4n) is 2.46. The van der Waals surface area contributed by atoms with E-state index in [0.29, 0.717) is 5.92 Å². The molecule has 0 radical (unpaired) electrons. The van der Waals surface area contributed by atoms with Crippen molar-refractivity contribution >= 4 is 5.69 Å². The molecule has 0 unspecified atom stereocenters. The molecule has 0 atom stereocenters. The first-order valence-corrected chi connectivity index (χ1v) is 5.91. The molecule has 0 heterocycles. The van der Waals surface area contributed by atoms with Crippen LogP contribution in [0.4, 0.5) is 5.69 Å². The van der Waals surface area contributed by atoms with Crippen molar-refractivity contribution in [3.8, 4) is 0 Å². The number of nitro benzene ring substituents is 1. The number of hydrogen-bond acceptors (Lipinski definition) is 2. The van der Waals surface area contributed by atoms with Gasteiger partial charge in [-0.25, -0.2) is 0 Å². The third kappa shape index (κ3) is 2.40. The Bertz CT molecular complexity index is 364. The summed E-state index contributed by atoms with van der Waals surface area (Å²) in [5.74, 6) is 1.45. The Balaban J connectivity index is 2.07. The van der Waals surface area contributed by atoms with Gasteiger partial charge in [-0.1, -0.05) is 31.9 Å². The van der Waals surface area contributed by atoms with E-state index in [0.717, 1.165) is 5.92 Å². The summed E-state index contributed by atoms with van der Waals surface area (Å²) in [6, 6.07) is 7.07. The van der Waals surface area contributed by atoms with Gasteiger partial charge in [-0.15, -0.1) is 0 Å². The summed E-state index contributed by atoms with van der Waals surface area (Å²) in [6.45, 7) is 2.30. The zero-order chi connectivity index (χ0) is 11.5. The average molecular weight is 219 g/mol. The Morgan fingerprint density at radius 1 is 1.12 bits per heavy atom. The molecule has 0 amide bonds. The van der Waals surface area contributed by atoms with Crippen LogP contribution in [-0.2, 0) is 0 Å². The van der Waals surface area contributed by atoms with Crippen LogP contribution in [0.3, 0.4) is 0 Å². The van der Waals surface area contributed by atoms with E-state index in [-0.39, 0.29) is 10.6 Å². The van der Waals surface area contributed by atoms with E-state index in [1.54, 1.807) is 12.1 Å². The maximum atomic E-state index is 10.5. The molecule has 0 N–H and O–H groups in total. The van der Waals surface area contributed by atoms with Crippen LogP contribution in [0.2, 0.25) is 0 Å². The van der Waals surface area contributed by atoms with Crippen molar-refractivity contribution in [3.05, 3.63) is 39.9 Å². The van der Waals surface area contributed by atoms with Crippen LogP contribution in [0.1, 0.15) is 44.1 Å². The first-order chi connectivity index (χ1) is 7.66. The van der Waals surface area contributed by atoms with Gasteiger partial charge >= 0.3 is 0 Å². The van der Waals surface area contributed by atoms with Crippen molar-refractivity contribution in [2.75, 3.05) is 0 Å². The van der Waals surface area contributed by atoms with Crippen LogP contribution >= 0.6 is 0 Å². The van der Waals surface area contributed by atoms with E-state index >= 15 is 0 Å². The Morgan fingerprint density at radius 2 is 1.69 bits per heavy atom. The number of hydrogen-bond donors (Lipinski definition) is 0. The lowest BCUT2D eigenvalue weighted by molar-refractivity contribution is -0.384. The fraction of sp³-hybridized carbons (Fsp3) is 0.538. The molecular formula is C13H17NO2. The van der Waals surface area contributed by atoms with E-state index in [1.807, 2.05) is 12.1 Å². The summed E-state index contributed by atoms with van der Waals surface area (Å²) in [5.41, 5.74) is 1.45. The van der Waals surface area contributed by atoms with E-state index in [1.165, 1.54) is 31.2 Å². The molecule has 16 heavy (non-hydrogen) atoms. The number of rotatable bonds is 2. The van der Waals surface area contributed by atoms with Gasteiger partial charge < -0.3 is 0 Å². The van der Waals surface area contributed by atoms with Crippen molar-refractivity contribution in [1.82, 2.24) is 0 Å². The summed E-state index contributed by atoms with van der Waals surface area (Å²) in [7, 11) is 0. The Labute approximate surface area is 95.6 Å². The maximum Gasteiger partial charge on any atom is 0.269 e. The van der Waals surface area contributed by atoms with Crippen LogP contribution in [0.5, 0.6) is 0 Å². The highest BCUT2D eigenvalue weighted by Gasteiger charge is 2.20. The van der Waals surface area contributed by atoms with Crippen LogP contribution in [0.15, 0.2) is 24.3 Å². The van der Waals surface area contributed by atoms with Crippen LogP contribution < -0.4 is 0 Å². The molecule has 0 spiro atoms. The van der Waals surface area contributed by atoms with Gasteiger partial charge in [0.15, 0.2) is 0 Å². The van der Waals surface area contributed by atoms with Gasteiger partial charge in [0.1, 0.15) is 0 Å². The summed E-state index contributed by atoms with van der Waals surface area (Å²) < 4.78 is 0. The van der Waals surface area contributed by atoms with Crippen molar-refractivity contribution in [2.24, 2.45) is 5.92 Å². The molecular weight excluding hydrogens is 202 g/mol. The minimum atomic E-state index is -0.341. The highest BCUT2D eigenvalue weighted by Crippen LogP contribution is 2.35. The van der Waals surface area contributed by atoms with Gasteiger partial charge in [0.2, 0.25) is 0 Å². The first kappa shape index (κ1) is 11.1. The number of benzene rings is 1. The van der Waals surface area contributed by atoms with Gasteiger partial charge in [0.25, 0.3) is 5.69 Å². The molecule has 1 aromatic rings. The molecule has 0 bridgehead atoms. The third-order valence-corrected chi connectivity index (χ3v) is 3.59. The zero-order valence-electron chi connectivity index (χ0n) is 9.56. The van der Waals surface area contributed by atoms with E-state index in [4.69, 9.17) is 0 Å². The van der Waals surface area contributed by atoms with Crippen molar-refractivity contribution < 1.29 is 4.92 Å². The minimum Gasteiger partial charge on any atom is -0.258 e. The monoisotopic (exact) mass is 219 g/mol. The normalized spacial score (nSPS) is 25.3. The molecule has 0 saturated heterocycles. The largest absolute Gasteiger partial charge is 0.269 e. The average Bonchev–Trinajstić information content (AvgIpc) is 2.30. The second kappa shape index (κ2) is 4.64. The van der Waals surface area contributed by atoms with Crippen molar-refractivity contribution in [1.29, 1.82) is 0 Å². The molecule has 3 nitrogen and oxygen atoms in total. The smallest absolute Gasteiger partial charge is 0.258 e. The topological polar surface area (TPSA) is 43.1 Å². The quantitative estimate of drug-likeness (QED) is 0.559. The van der Waals surface area contributed by atoms with Crippen molar-refractivity contribution in [3.63, 3.8) is 0 Å². The number of nitro groups is 1. The van der Waals surface area contributed by atoms with E-state index in [9.17, 15) is 10.1 Å². The summed E-state index contributed by atoms with van der Waals surface area (Å²) in [6.07, 6.45) is 5.00. The predicted octanol–water partition coefficient (Wildman–Crippen LogP) is 3.89. The van der Waals surface area contributed by atoms with Gasteiger partial charge in [-0.2, -0.15) is 0 Å². The highest BCUT2D eigenvalue weighted by molar-refractivity contribution is 5.34. The van der Waals surface area contributed by atoms with Crippen LogP contribution in [0, 0.1) is 16.0 Å². The van der Waals surface area contributed by atoms with Crippen LogP contribution in [-0.4, -0.2) is 4.92 Å². The van der Waals surface area contributed by atoms with Crippen LogP contribution in [0.25, 0.3) is 0 Å². The molecule has 86 valence electrons. The second-order valence-electron chi connectivity index (χ2n) is 4.81. The molecule has 1 aromatic carbocycles. The fourth-order valence-corrected chi connectivity index (χ4v) is 2.46. The lowest BCUT2D eigenvalue weighted by atomic mass is 9.79. The minimum absolute atomic E-state index is 0.188. The van der Waals surface area contributed by atoms with Gasteiger partial charge in [-0.05, 0) is 30.2 Å². The molecule has 2 rings (SSSR count). The molecule has 0 aliphatic heterocycles. The summed E-state index contributed by atoms with van der Waals surface area (Å²) in [4.78, 5) is 10.2. The predicted molar refractivity (Wildman–Crippen MR) is 63.5 cm³/mol.